The average molecular weight is 238 g/mol. The minimum atomic E-state index is -0.544. The summed E-state index contributed by atoms with van der Waals surface area (Å²) >= 11 is 0. The lowest BCUT2D eigenvalue weighted by Gasteiger charge is -2.21. The van der Waals surface area contributed by atoms with E-state index in [-0.39, 0.29) is 11.8 Å². The Balaban J connectivity index is 2.48. The normalized spacial score (nSPS) is 14.9. The molecule has 0 bridgehead atoms. The average Bonchev–Trinajstić information content (AvgIpc) is 2.28. The smallest absolute Gasteiger partial charge is 0.118 e. The molecule has 1 aromatic carbocycles. The van der Waals surface area contributed by atoms with E-state index >= 15 is 0 Å². The number of para-hydroxylation sites is 1. The van der Waals surface area contributed by atoms with Crippen molar-refractivity contribution in [3.8, 4) is 5.75 Å². The number of hydrogen-bond donors (Lipinski definition) is 3. The van der Waals surface area contributed by atoms with Gasteiger partial charge >= 0.3 is 0 Å². The number of rotatable bonds is 6. The monoisotopic (exact) mass is 238 g/mol. The summed E-state index contributed by atoms with van der Waals surface area (Å²) in [6.45, 7) is 0.801. The van der Waals surface area contributed by atoms with Crippen LogP contribution in [0.25, 0.3) is 0 Å². The molecule has 17 heavy (non-hydrogen) atoms. The van der Waals surface area contributed by atoms with Crippen LogP contribution in [0.3, 0.4) is 0 Å². The molecule has 0 saturated carbocycles. The molecule has 1 rings (SSSR count). The molecule has 0 aliphatic rings. The molecule has 96 valence electrons. The second kappa shape index (κ2) is 6.59. The number of nitrogens with two attached hydrogens (primary N) is 1. The van der Waals surface area contributed by atoms with Crippen molar-refractivity contribution in [3.63, 3.8) is 0 Å². The zero-order chi connectivity index (χ0) is 12.8. The van der Waals surface area contributed by atoms with Crippen molar-refractivity contribution < 1.29 is 10.2 Å². The van der Waals surface area contributed by atoms with Gasteiger partial charge < -0.3 is 20.8 Å². The summed E-state index contributed by atoms with van der Waals surface area (Å²) in [7, 11) is 3.92. The van der Waals surface area contributed by atoms with Gasteiger partial charge in [0.25, 0.3) is 0 Å². The maximum absolute atomic E-state index is 9.89. The maximum Gasteiger partial charge on any atom is 0.118 e. The van der Waals surface area contributed by atoms with Gasteiger partial charge in [-0.1, -0.05) is 18.2 Å². The van der Waals surface area contributed by atoms with Gasteiger partial charge in [-0.2, -0.15) is 0 Å². The molecule has 0 aliphatic heterocycles. The number of aliphatic hydroxyl groups excluding tert-OH is 1. The van der Waals surface area contributed by atoms with Gasteiger partial charge in [-0.05, 0) is 38.6 Å². The summed E-state index contributed by atoms with van der Waals surface area (Å²) in [6.07, 6.45) is 0.584. The van der Waals surface area contributed by atoms with Gasteiger partial charge in [-0.3, -0.25) is 0 Å². The SMILES string of the molecule is CN(C)CCC(O)C(N)Cc1ccccc1O. The van der Waals surface area contributed by atoms with Crippen LogP contribution in [0.15, 0.2) is 24.3 Å². The van der Waals surface area contributed by atoms with Crippen molar-refractivity contribution >= 4 is 0 Å². The Labute approximate surface area is 103 Å². The molecule has 0 amide bonds. The Morgan fingerprint density at radius 2 is 1.94 bits per heavy atom. The van der Waals surface area contributed by atoms with E-state index in [4.69, 9.17) is 5.73 Å². The lowest BCUT2D eigenvalue weighted by atomic mass is 9.99. The minimum Gasteiger partial charge on any atom is -0.508 e. The highest BCUT2D eigenvalue weighted by molar-refractivity contribution is 5.32. The topological polar surface area (TPSA) is 69.7 Å². The predicted molar refractivity (Wildman–Crippen MR) is 69.0 cm³/mol. The summed E-state index contributed by atoms with van der Waals surface area (Å²) < 4.78 is 0. The van der Waals surface area contributed by atoms with Gasteiger partial charge in [0.2, 0.25) is 0 Å². The van der Waals surface area contributed by atoms with E-state index in [1.807, 2.05) is 31.1 Å². The van der Waals surface area contributed by atoms with Crippen molar-refractivity contribution in [2.45, 2.75) is 25.0 Å². The molecule has 4 N–H and O–H groups in total. The van der Waals surface area contributed by atoms with E-state index in [2.05, 4.69) is 0 Å². The molecule has 2 atom stereocenters. The first-order valence-electron chi connectivity index (χ1n) is 5.86. The van der Waals surface area contributed by atoms with Crippen LogP contribution in [0.2, 0.25) is 0 Å². The third-order valence-electron chi connectivity index (χ3n) is 2.81. The first-order valence-corrected chi connectivity index (χ1v) is 5.86. The molecule has 0 radical (unpaired) electrons. The van der Waals surface area contributed by atoms with E-state index in [1.165, 1.54) is 0 Å². The first-order chi connectivity index (χ1) is 8.00. The minimum absolute atomic E-state index is 0.239. The van der Waals surface area contributed by atoms with Crippen LogP contribution >= 0.6 is 0 Å². The third-order valence-corrected chi connectivity index (χ3v) is 2.81. The molecule has 0 fully saturated rings. The number of phenols is 1. The molecule has 0 heterocycles. The Bertz CT molecular complexity index is 342. The zero-order valence-corrected chi connectivity index (χ0v) is 10.5. The number of hydrogen-bond acceptors (Lipinski definition) is 4. The van der Waals surface area contributed by atoms with Gasteiger partial charge in [-0.25, -0.2) is 0 Å². The molecule has 4 heteroatoms. The third kappa shape index (κ3) is 4.73. The molecule has 0 aliphatic carbocycles. The van der Waals surface area contributed by atoms with E-state index in [9.17, 15) is 10.2 Å². The van der Waals surface area contributed by atoms with E-state index in [0.29, 0.717) is 12.8 Å². The van der Waals surface area contributed by atoms with E-state index in [1.54, 1.807) is 12.1 Å². The first kappa shape index (κ1) is 14.0. The van der Waals surface area contributed by atoms with Crippen LogP contribution in [-0.4, -0.2) is 47.9 Å². The molecular formula is C13H22N2O2. The van der Waals surface area contributed by atoms with Gasteiger partial charge in [0.15, 0.2) is 0 Å². The fraction of sp³-hybridized carbons (Fsp3) is 0.538. The second-order valence-corrected chi connectivity index (χ2v) is 4.66. The molecule has 0 aromatic heterocycles. The Hall–Kier alpha value is -1.10. The van der Waals surface area contributed by atoms with E-state index in [0.717, 1.165) is 12.1 Å². The van der Waals surface area contributed by atoms with Gasteiger partial charge in [0, 0.05) is 12.6 Å². The summed E-state index contributed by atoms with van der Waals surface area (Å²) in [5.74, 6) is 0.239. The number of phenolic OH excluding ortho intramolecular Hbond substituents is 1. The maximum atomic E-state index is 9.89. The molecule has 0 spiro atoms. The summed E-state index contributed by atoms with van der Waals surface area (Å²) in [6, 6.07) is 6.74. The zero-order valence-electron chi connectivity index (χ0n) is 10.5. The summed E-state index contributed by atoms with van der Waals surface area (Å²) in [4.78, 5) is 2.01. The fourth-order valence-corrected chi connectivity index (χ4v) is 1.68. The Morgan fingerprint density at radius 1 is 1.29 bits per heavy atom. The second-order valence-electron chi connectivity index (χ2n) is 4.66. The van der Waals surface area contributed by atoms with Crippen molar-refractivity contribution in [1.82, 2.24) is 4.90 Å². The Kier molecular flexibility index (Phi) is 5.41. The van der Waals surface area contributed by atoms with Crippen LogP contribution in [-0.2, 0) is 6.42 Å². The van der Waals surface area contributed by atoms with Crippen LogP contribution in [0.1, 0.15) is 12.0 Å². The van der Waals surface area contributed by atoms with Crippen molar-refractivity contribution in [2.24, 2.45) is 5.73 Å². The molecule has 4 nitrogen and oxygen atoms in total. The van der Waals surface area contributed by atoms with Crippen molar-refractivity contribution in [1.29, 1.82) is 0 Å². The predicted octanol–water partition coefficient (Wildman–Crippen LogP) is 0.575. The van der Waals surface area contributed by atoms with Crippen molar-refractivity contribution in [3.05, 3.63) is 29.8 Å². The van der Waals surface area contributed by atoms with Crippen LogP contribution < -0.4 is 5.73 Å². The number of aliphatic hydroxyl groups is 1. The molecule has 0 saturated heterocycles. The van der Waals surface area contributed by atoms with Gasteiger partial charge in [0.1, 0.15) is 5.75 Å². The lowest BCUT2D eigenvalue weighted by molar-refractivity contribution is 0.124. The molecular weight excluding hydrogens is 216 g/mol. The molecule has 2 unspecified atom stereocenters. The highest BCUT2D eigenvalue weighted by atomic mass is 16.3. The Morgan fingerprint density at radius 3 is 2.53 bits per heavy atom. The standard InChI is InChI=1S/C13H22N2O2/c1-15(2)8-7-13(17)11(14)9-10-5-3-4-6-12(10)16/h3-6,11,13,16-17H,7-9,14H2,1-2H3. The van der Waals surface area contributed by atoms with Gasteiger partial charge in [0.05, 0.1) is 6.10 Å². The largest absolute Gasteiger partial charge is 0.508 e. The number of aromatic hydroxyl groups is 1. The highest BCUT2D eigenvalue weighted by Gasteiger charge is 2.16. The highest BCUT2D eigenvalue weighted by Crippen LogP contribution is 2.18. The molecule has 1 aromatic rings. The van der Waals surface area contributed by atoms with Crippen LogP contribution in [0.5, 0.6) is 5.75 Å². The number of benzene rings is 1. The lowest BCUT2D eigenvalue weighted by Crippen LogP contribution is -2.38. The summed E-state index contributed by atoms with van der Waals surface area (Å²) in [5, 5.41) is 19.5. The van der Waals surface area contributed by atoms with Gasteiger partial charge in [-0.15, -0.1) is 0 Å². The van der Waals surface area contributed by atoms with E-state index < -0.39 is 6.10 Å². The quantitative estimate of drug-likeness (QED) is 0.678. The fourth-order valence-electron chi connectivity index (χ4n) is 1.68. The number of nitrogens with zero attached hydrogens (tertiary/aromatic N) is 1. The van der Waals surface area contributed by atoms with Crippen LogP contribution in [0, 0.1) is 0 Å². The summed E-state index contributed by atoms with van der Waals surface area (Å²) in [5.41, 5.74) is 6.71. The van der Waals surface area contributed by atoms with Crippen molar-refractivity contribution in [2.75, 3.05) is 20.6 Å². The van der Waals surface area contributed by atoms with Crippen LogP contribution in [0.4, 0.5) is 0 Å².